The van der Waals surface area contributed by atoms with Gasteiger partial charge in [-0.3, -0.25) is 0 Å². The molecule has 5 atom stereocenters. The average molecular weight is 335 g/mol. The largest absolute Gasteiger partial charge is 0.390 e. The van der Waals surface area contributed by atoms with Gasteiger partial charge in [0.05, 0.1) is 12.7 Å². The Labute approximate surface area is 140 Å². The van der Waals surface area contributed by atoms with E-state index in [1.165, 1.54) is 0 Å². The van der Waals surface area contributed by atoms with Gasteiger partial charge in [0, 0.05) is 19.1 Å². The third-order valence-electron chi connectivity index (χ3n) is 4.04. The smallest absolute Gasteiger partial charge is 0.112 e. The lowest BCUT2D eigenvalue weighted by atomic mass is 9.93. The molecule has 5 heteroatoms. The van der Waals surface area contributed by atoms with Gasteiger partial charge >= 0.3 is 0 Å². The summed E-state index contributed by atoms with van der Waals surface area (Å²) in [7, 11) is 0. The lowest BCUT2D eigenvalue weighted by molar-refractivity contribution is -0.204. The second-order valence-electron chi connectivity index (χ2n) is 5.97. The molecule has 0 spiro atoms. The Hall–Kier alpha value is 0.190. The van der Waals surface area contributed by atoms with Crippen molar-refractivity contribution in [1.82, 2.24) is 0 Å². The summed E-state index contributed by atoms with van der Waals surface area (Å²) in [6, 6.07) is 0. The first-order chi connectivity index (χ1) is 10.7. The van der Waals surface area contributed by atoms with Crippen LogP contribution in [0.1, 0.15) is 53.4 Å². The maximum Gasteiger partial charge on any atom is 0.112 e. The van der Waals surface area contributed by atoms with Crippen LogP contribution in [0.25, 0.3) is 0 Å². The molecule has 2 unspecified atom stereocenters. The molecule has 1 N–H and O–H groups in total. The Balaban J connectivity index is 2.60. The van der Waals surface area contributed by atoms with Crippen LogP contribution < -0.4 is 0 Å². The summed E-state index contributed by atoms with van der Waals surface area (Å²) >= 11 is 1.75. The van der Waals surface area contributed by atoms with Crippen LogP contribution in [0.2, 0.25) is 0 Å². The van der Waals surface area contributed by atoms with Crippen molar-refractivity contribution in [3.05, 3.63) is 0 Å². The minimum Gasteiger partial charge on any atom is -0.390 e. The number of hydrogen-bond acceptors (Lipinski definition) is 5. The van der Waals surface area contributed by atoms with Crippen molar-refractivity contribution in [2.75, 3.05) is 25.6 Å². The zero-order valence-corrected chi connectivity index (χ0v) is 15.4. The van der Waals surface area contributed by atoms with Crippen molar-refractivity contribution in [2.24, 2.45) is 5.92 Å². The highest BCUT2D eigenvalue weighted by molar-refractivity contribution is 7.99. The summed E-state index contributed by atoms with van der Waals surface area (Å²) in [6.07, 6.45) is 3.32. The standard InChI is InChI=1S/C17H34O4S/c1-5-8-10-19-12-14-16(20-11-9-6-2)15(18)13(4)17(21-14)22-7-3/h13-18H,5-12H2,1-4H3/t13-,14?,15?,16+,17-/m0/s1. The first-order valence-corrected chi connectivity index (χ1v) is 9.84. The zero-order chi connectivity index (χ0) is 16.4. The number of aliphatic hydroxyl groups is 1. The highest BCUT2D eigenvalue weighted by Gasteiger charge is 2.43. The van der Waals surface area contributed by atoms with Crippen LogP contribution in [0.3, 0.4) is 0 Å². The molecular formula is C17H34O4S. The van der Waals surface area contributed by atoms with Crippen LogP contribution in [0.15, 0.2) is 0 Å². The molecule has 1 saturated heterocycles. The Kier molecular flexibility index (Phi) is 10.7. The van der Waals surface area contributed by atoms with Crippen molar-refractivity contribution in [3.8, 4) is 0 Å². The monoisotopic (exact) mass is 334 g/mol. The van der Waals surface area contributed by atoms with Gasteiger partial charge in [0.25, 0.3) is 0 Å². The van der Waals surface area contributed by atoms with Gasteiger partial charge in [-0.25, -0.2) is 0 Å². The molecule has 0 saturated carbocycles. The third-order valence-corrected chi connectivity index (χ3v) is 5.25. The number of aliphatic hydroxyl groups excluding tert-OH is 1. The second-order valence-corrected chi connectivity index (χ2v) is 7.34. The third kappa shape index (κ3) is 6.36. The van der Waals surface area contributed by atoms with Gasteiger partial charge in [-0.1, -0.05) is 40.5 Å². The molecule has 132 valence electrons. The fourth-order valence-corrected chi connectivity index (χ4v) is 3.57. The van der Waals surface area contributed by atoms with Crippen molar-refractivity contribution < 1.29 is 19.3 Å². The molecule has 0 bridgehead atoms. The molecular weight excluding hydrogens is 300 g/mol. The predicted octanol–water partition coefficient (Wildman–Crippen LogP) is 3.46. The first kappa shape index (κ1) is 20.2. The molecule has 1 heterocycles. The quantitative estimate of drug-likeness (QED) is 0.586. The number of ether oxygens (including phenoxy) is 3. The van der Waals surface area contributed by atoms with E-state index in [9.17, 15) is 5.11 Å². The number of rotatable bonds is 11. The van der Waals surface area contributed by atoms with Gasteiger partial charge in [-0.05, 0) is 18.6 Å². The lowest BCUT2D eigenvalue weighted by Gasteiger charge is -2.43. The van der Waals surface area contributed by atoms with Crippen LogP contribution in [0.5, 0.6) is 0 Å². The van der Waals surface area contributed by atoms with E-state index < -0.39 is 6.10 Å². The minimum absolute atomic E-state index is 0.0193. The number of thioether (sulfide) groups is 1. The Morgan fingerprint density at radius 1 is 1.09 bits per heavy atom. The molecule has 1 aliphatic rings. The van der Waals surface area contributed by atoms with Crippen molar-refractivity contribution >= 4 is 11.8 Å². The molecule has 0 aromatic rings. The summed E-state index contributed by atoms with van der Waals surface area (Å²) in [5.74, 6) is 1.05. The van der Waals surface area contributed by atoms with E-state index in [1.54, 1.807) is 11.8 Å². The number of hydrogen-bond donors (Lipinski definition) is 1. The summed E-state index contributed by atoms with van der Waals surface area (Å²) in [4.78, 5) is 0. The van der Waals surface area contributed by atoms with Crippen LogP contribution >= 0.6 is 11.8 Å². The van der Waals surface area contributed by atoms with Crippen LogP contribution in [0.4, 0.5) is 0 Å². The molecule has 22 heavy (non-hydrogen) atoms. The summed E-state index contributed by atoms with van der Waals surface area (Å²) in [5.41, 5.74) is 0.0193. The minimum atomic E-state index is -0.491. The molecule has 1 aliphatic heterocycles. The van der Waals surface area contributed by atoms with E-state index in [-0.39, 0.29) is 23.6 Å². The maximum absolute atomic E-state index is 10.6. The Bertz CT molecular complexity index is 277. The molecule has 4 nitrogen and oxygen atoms in total. The Morgan fingerprint density at radius 3 is 2.41 bits per heavy atom. The normalized spacial score (nSPS) is 32.3. The average Bonchev–Trinajstić information content (AvgIpc) is 2.51. The molecule has 0 aromatic heterocycles. The molecule has 0 amide bonds. The molecule has 0 radical (unpaired) electrons. The van der Waals surface area contributed by atoms with E-state index in [4.69, 9.17) is 14.2 Å². The van der Waals surface area contributed by atoms with Gasteiger partial charge in [0.1, 0.15) is 17.6 Å². The lowest BCUT2D eigenvalue weighted by Crippen LogP contribution is -2.55. The van der Waals surface area contributed by atoms with Gasteiger partial charge in [0.15, 0.2) is 0 Å². The maximum atomic E-state index is 10.6. The second kappa shape index (κ2) is 11.7. The molecule has 1 rings (SSSR count). The van der Waals surface area contributed by atoms with E-state index >= 15 is 0 Å². The van der Waals surface area contributed by atoms with E-state index in [0.29, 0.717) is 13.2 Å². The zero-order valence-electron chi connectivity index (χ0n) is 14.6. The first-order valence-electron chi connectivity index (χ1n) is 8.80. The highest BCUT2D eigenvalue weighted by Crippen LogP contribution is 2.34. The Morgan fingerprint density at radius 2 is 1.77 bits per heavy atom. The molecule has 0 aliphatic carbocycles. The summed E-state index contributed by atoms with van der Waals surface area (Å²) in [5, 5.41) is 10.6. The highest BCUT2D eigenvalue weighted by atomic mass is 32.2. The van der Waals surface area contributed by atoms with Crippen molar-refractivity contribution in [1.29, 1.82) is 0 Å². The van der Waals surface area contributed by atoms with Gasteiger partial charge in [-0.2, -0.15) is 0 Å². The molecule has 0 aromatic carbocycles. The topological polar surface area (TPSA) is 47.9 Å². The predicted molar refractivity (Wildman–Crippen MR) is 92.3 cm³/mol. The summed E-state index contributed by atoms with van der Waals surface area (Å²) in [6.45, 7) is 10.4. The van der Waals surface area contributed by atoms with Gasteiger partial charge in [-0.15, -0.1) is 11.8 Å². The summed E-state index contributed by atoms with van der Waals surface area (Å²) < 4.78 is 17.9. The van der Waals surface area contributed by atoms with Crippen LogP contribution in [0, 0.1) is 5.92 Å². The van der Waals surface area contributed by atoms with Crippen LogP contribution in [-0.4, -0.2) is 54.4 Å². The van der Waals surface area contributed by atoms with Crippen molar-refractivity contribution in [3.63, 3.8) is 0 Å². The number of unbranched alkanes of at least 4 members (excludes halogenated alkanes) is 2. The van der Waals surface area contributed by atoms with E-state index in [2.05, 4.69) is 20.8 Å². The van der Waals surface area contributed by atoms with E-state index in [0.717, 1.165) is 38.0 Å². The fraction of sp³-hybridized carbons (Fsp3) is 1.00. The van der Waals surface area contributed by atoms with Crippen molar-refractivity contribution in [2.45, 2.75) is 77.1 Å². The van der Waals surface area contributed by atoms with Gasteiger partial charge < -0.3 is 19.3 Å². The van der Waals surface area contributed by atoms with Crippen LogP contribution in [-0.2, 0) is 14.2 Å². The van der Waals surface area contributed by atoms with Gasteiger partial charge in [0.2, 0.25) is 0 Å². The molecule has 1 fully saturated rings. The van der Waals surface area contributed by atoms with E-state index in [1.807, 2.05) is 6.92 Å². The SMILES string of the molecule is CCCCOCC1O[C@@H](SCC)[C@@H](C)C(O)[C@@H]1OCCCC. The fourth-order valence-electron chi connectivity index (χ4n) is 2.56.